The maximum Gasteiger partial charge on any atom is 0.325 e. The van der Waals surface area contributed by atoms with Gasteiger partial charge in [0.15, 0.2) is 0 Å². The third kappa shape index (κ3) is 2.12. The first-order valence-corrected chi connectivity index (χ1v) is 6.59. The molecule has 0 aromatic carbocycles. The monoisotopic (exact) mass is 302 g/mol. The molecule has 1 saturated heterocycles. The fourth-order valence-electron chi connectivity index (χ4n) is 1.60. The highest BCUT2D eigenvalue weighted by Crippen LogP contribution is 2.24. The number of thiophene rings is 1. The number of carbonyl (C=O) groups is 2. The molecule has 0 unspecified atom stereocenters. The van der Waals surface area contributed by atoms with Crippen molar-refractivity contribution in [2.75, 3.05) is 0 Å². The van der Waals surface area contributed by atoms with Crippen LogP contribution in [0.2, 0.25) is 0 Å². The predicted molar refractivity (Wildman–Crippen MR) is 65.2 cm³/mol. The molecule has 0 aliphatic carbocycles. The quantitative estimate of drug-likeness (QED) is 0.871. The molecule has 1 N–H and O–H groups in total. The number of halogens is 1. The molecule has 2 heterocycles. The van der Waals surface area contributed by atoms with E-state index in [1.807, 2.05) is 19.1 Å². The van der Waals surface area contributed by atoms with Gasteiger partial charge in [-0.25, -0.2) is 4.79 Å². The summed E-state index contributed by atoms with van der Waals surface area (Å²) in [5, 5.41) is 2.66. The highest BCUT2D eigenvalue weighted by atomic mass is 79.9. The van der Waals surface area contributed by atoms with Crippen molar-refractivity contribution in [2.24, 2.45) is 0 Å². The van der Waals surface area contributed by atoms with Gasteiger partial charge in [-0.3, -0.25) is 9.69 Å². The Hall–Kier alpha value is -0.880. The Morgan fingerprint density at radius 2 is 2.25 bits per heavy atom. The van der Waals surface area contributed by atoms with E-state index in [2.05, 4.69) is 21.2 Å². The van der Waals surface area contributed by atoms with Crippen LogP contribution in [0.25, 0.3) is 0 Å². The molecular weight excluding hydrogens is 292 g/mol. The van der Waals surface area contributed by atoms with Crippen molar-refractivity contribution < 1.29 is 9.59 Å². The summed E-state index contributed by atoms with van der Waals surface area (Å²) in [6.45, 7) is 2.24. The van der Waals surface area contributed by atoms with Gasteiger partial charge in [0.05, 0.1) is 10.3 Å². The predicted octanol–water partition coefficient (Wildman–Crippen LogP) is 2.34. The minimum absolute atomic E-state index is 0.128. The summed E-state index contributed by atoms with van der Waals surface area (Å²) < 4.78 is 1.00. The fraction of sp³-hybridized carbons (Fsp3) is 0.400. The molecule has 1 aliphatic heterocycles. The lowest BCUT2D eigenvalue weighted by molar-refractivity contribution is -0.127. The van der Waals surface area contributed by atoms with Gasteiger partial charge >= 0.3 is 6.03 Å². The van der Waals surface area contributed by atoms with Crippen molar-refractivity contribution in [3.8, 4) is 0 Å². The molecule has 1 fully saturated rings. The topological polar surface area (TPSA) is 49.4 Å². The molecule has 1 atom stereocenters. The van der Waals surface area contributed by atoms with E-state index in [1.54, 1.807) is 0 Å². The smallest absolute Gasteiger partial charge is 0.325 e. The first-order chi connectivity index (χ1) is 7.61. The zero-order chi connectivity index (χ0) is 11.7. The van der Waals surface area contributed by atoms with Gasteiger partial charge in [-0.1, -0.05) is 6.92 Å². The second-order valence-corrected chi connectivity index (χ2v) is 6.09. The normalized spacial score (nSPS) is 20.4. The number of rotatable bonds is 3. The lowest BCUT2D eigenvalue weighted by Crippen LogP contribution is -2.30. The molecule has 0 spiro atoms. The van der Waals surface area contributed by atoms with Crippen LogP contribution < -0.4 is 5.32 Å². The van der Waals surface area contributed by atoms with Crippen LogP contribution in [0.5, 0.6) is 0 Å². The van der Waals surface area contributed by atoms with Crippen molar-refractivity contribution in [1.82, 2.24) is 10.2 Å². The van der Waals surface area contributed by atoms with Gasteiger partial charge in [0.1, 0.15) is 6.04 Å². The molecular formula is C10H11BrN2O2S. The van der Waals surface area contributed by atoms with E-state index in [0.29, 0.717) is 13.0 Å². The van der Waals surface area contributed by atoms with Crippen molar-refractivity contribution in [3.05, 3.63) is 20.8 Å². The van der Waals surface area contributed by atoms with E-state index in [1.165, 1.54) is 16.2 Å². The minimum Gasteiger partial charge on any atom is -0.326 e. The number of hydrogen-bond donors (Lipinski definition) is 1. The number of imide groups is 1. The van der Waals surface area contributed by atoms with E-state index in [0.717, 1.165) is 8.66 Å². The molecule has 4 nitrogen and oxygen atoms in total. The standard InChI is InChI=1S/C10H11BrN2O2S/c1-2-7-9(14)13(10(15)12-7)5-6-3-4-8(11)16-6/h3-4,7H,2,5H2,1H3,(H,12,15)/t7-/m1/s1. The van der Waals surface area contributed by atoms with Crippen molar-refractivity contribution >= 4 is 39.2 Å². The highest BCUT2D eigenvalue weighted by Gasteiger charge is 2.36. The molecule has 1 aromatic heterocycles. The molecule has 1 aliphatic rings. The Morgan fingerprint density at radius 1 is 1.50 bits per heavy atom. The summed E-state index contributed by atoms with van der Waals surface area (Å²) in [6.07, 6.45) is 0.634. The van der Waals surface area contributed by atoms with Gasteiger partial charge in [0, 0.05) is 4.88 Å². The van der Waals surface area contributed by atoms with Crippen molar-refractivity contribution in [2.45, 2.75) is 25.9 Å². The molecule has 0 saturated carbocycles. The fourth-order valence-corrected chi connectivity index (χ4v) is 3.07. The number of urea groups is 1. The Labute approximate surface area is 106 Å². The first kappa shape index (κ1) is 11.6. The lowest BCUT2D eigenvalue weighted by atomic mass is 10.2. The zero-order valence-electron chi connectivity index (χ0n) is 8.70. The number of nitrogens with zero attached hydrogens (tertiary/aromatic N) is 1. The Bertz CT molecular complexity index is 432. The van der Waals surface area contributed by atoms with Crippen LogP contribution in [0.1, 0.15) is 18.2 Å². The van der Waals surface area contributed by atoms with Crippen molar-refractivity contribution in [1.29, 1.82) is 0 Å². The molecule has 0 radical (unpaired) electrons. The van der Waals surface area contributed by atoms with Gasteiger partial charge < -0.3 is 5.32 Å². The average molecular weight is 303 g/mol. The summed E-state index contributed by atoms with van der Waals surface area (Å²) in [5.41, 5.74) is 0. The lowest BCUT2D eigenvalue weighted by Gasteiger charge is -2.10. The Balaban J connectivity index is 2.10. The van der Waals surface area contributed by atoms with E-state index in [9.17, 15) is 9.59 Å². The largest absolute Gasteiger partial charge is 0.326 e. The van der Waals surface area contributed by atoms with Gasteiger partial charge in [0.25, 0.3) is 5.91 Å². The first-order valence-electron chi connectivity index (χ1n) is 4.98. The molecule has 16 heavy (non-hydrogen) atoms. The van der Waals surface area contributed by atoms with Crippen LogP contribution in [-0.2, 0) is 11.3 Å². The number of carbonyl (C=O) groups excluding carboxylic acids is 2. The maximum atomic E-state index is 11.8. The van der Waals surface area contributed by atoms with Crippen LogP contribution in [0.15, 0.2) is 15.9 Å². The van der Waals surface area contributed by atoms with Gasteiger partial charge in [-0.15, -0.1) is 11.3 Å². The Kier molecular flexibility index (Phi) is 3.30. The van der Waals surface area contributed by atoms with Crippen LogP contribution >= 0.6 is 27.3 Å². The van der Waals surface area contributed by atoms with Crippen LogP contribution in [-0.4, -0.2) is 22.9 Å². The number of nitrogens with one attached hydrogen (secondary N) is 1. The van der Waals surface area contributed by atoms with Crippen LogP contribution in [0, 0.1) is 0 Å². The van der Waals surface area contributed by atoms with Gasteiger partial charge in [-0.05, 0) is 34.5 Å². The summed E-state index contributed by atoms with van der Waals surface area (Å²) >= 11 is 4.88. The average Bonchev–Trinajstić information content (AvgIpc) is 2.77. The molecule has 86 valence electrons. The third-order valence-corrected chi connectivity index (χ3v) is 4.07. The number of amides is 3. The Morgan fingerprint density at radius 3 is 2.75 bits per heavy atom. The molecule has 6 heteroatoms. The molecule has 0 bridgehead atoms. The maximum absolute atomic E-state index is 11.8. The molecule has 1 aromatic rings. The number of hydrogen-bond acceptors (Lipinski definition) is 3. The minimum atomic E-state index is -0.351. The summed E-state index contributed by atoms with van der Waals surface area (Å²) in [7, 11) is 0. The molecule has 3 amide bonds. The zero-order valence-corrected chi connectivity index (χ0v) is 11.1. The second kappa shape index (κ2) is 4.55. The molecule has 2 rings (SSSR count). The van der Waals surface area contributed by atoms with Crippen LogP contribution in [0.4, 0.5) is 4.79 Å². The SMILES string of the molecule is CC[C@H]1NC(=O)N(Cc2ccc(Br)s2)C1=O. The van der Waals surface area contributed by atoms with E-state index in [-0.39, 0.29) is 18.0 Å². The van der Waals surface area contributed by atoms with E-state index >= 15 is 0 Å². The van der Waals surface area contributed by atoms with E-state index in [4.69, 9.17) is 0 Å². The summed E-state index contributed by atoms with van der Waals surface area (Å²) in [6, 6.07) is 3.18. The van der Waals surface area contributed by atoms with Gasteiger partial charge in [0.2, 0.25) is 0 Å². The van der Waals surface area contributed by atoms with Crippen molar-refractivity contribution in [3.63, 3.8) is 0 Å². The highest BCUT2D eigenvalue weighted by molar-refractivity contribution is 9.11. The summed E-state index contributed by atoms with van der Waals surface area (Å²) in [5.74, 6) is -0.128. The third-order valence-electron chi connectivity index (χ3n) is 2.46. The summed E-state index contributed by atoms with van der Waals surface area (Å²) in [4.78, 5) is 25.6. The van der Waals surface area contributed by atoms with Gasteiger partial charge in [-0.2, -0.15) is 0 Å². The van der Waals surface area contributed by atoms with Crippen LogP contribution in [0.3, 0.4) is 0 Å². The second-order valence-electron chi connectivity index (χ2n) is 3.54. The van der Waals surface area contributed by atoms with E-state index < -0.39 is 0 Å².